The first-order valence-corrected chi connectivity index (χ1v) is 6.35. The normalized spacial score (nSPS) is 19.4. The van der Waals surface area contributed by atoms with Gasteiger partial charge in [0.25, 0.3) is 0 Å². The van der Waals surface area contributed by atoms with Crippen molar-refractivity contribution in [3.8, 4) is 0 Å². The second-order valence-corrected chi connectivity index (χ2v) is 4.64. The highest BCUT2D eigenvalue weighted by Crippen LogP contribution is 2.22. The van der Waals surface area contributed by atoms with Crippen LogP contribution in [0, 0.1) is 5.92 Å². The minimum absolute atomic E-state index is 0.714. The monoisotopic (exact) mass is 216 g/mol. The molecule has 1 fully saturated rings. The van der Waals surface area contributed by atoms with Crippen molar-refractivity contribution in [1.29, 1.82) is 0 Å². The molecule has 1 heterocycles. The molecule has 0 radical (unpaired) electrons. The zero-order valence-electron chi connectivity index (χ0n) is 8.75. The fourth-order valence-corrected chi connectivity index (χ4v) is 2.67. The van der Waals surface area contributed by atoms with Crippen LogP contribution < -0.4 is 16.6 Å². The first-order valence-electron chi connectivity index (χ1n) is 5.19. The number of hydrogen-bond donors (Lipinski definition) is 3. The molecule has 4 N–H and O–H groups in total. The minimum Gasteiger partial charge on any atom is -0.356 e. The summed E-state index contributed by atoms with van der Waals surface area (Å²) in [6, 6.07) is 0. The van der Waals surface area contributed by atoms with Crippen molar-refractivity contribution < 1.29 is 0 Å². The predicted octanol–water partition coefficient (Wildman–Crippen LogP) is 0.558. The van der Waals surface area contributed by atoms with Gasteiger partial charge in [0.2, 0.25) is 5.96 Å². The lowest BCUT2D eigenvalue weighted by atomic mass is 10.0. The summed E-state index contributed by atoms with van der Waals surface area (Å²) >= 11 is 2.04. The molecule has 1 rings (SSSR count). The first-order chi connectivity index (χ1) is 6.86. The number of hydrazine groups is 1. The predicted molar refractivity (Wildman–Crippen MR) is 63.4 cm³/mol. The van der Waals surface area contributed by atoms with Crippen molar-refractivity contribution in [3.05, 3.63) is 0 Å². The van der Waals surface area contributed by atoms with E-state index in [1.54, 1.807) is 0 Å². The SMILES string of the molecule is CCNC(=NCC1CCSCC1)NN. The van der Waals surface area contributed by atoms with Crippen LogP contribution in [0.15, 0.2) is 4.99 Å². The zero-order valence-corrected chi connectivity index (χ0v) is 9.57. The number of nitrogens with one attached hydrogen (secondary N) is 2. The van der Waals surface area contributed by atoms with E-state index in [1.807, 2.05) is 18.7 Å². The summed E-state index contributed by atoms with van der Waals surface area (Å²) < 4.78 is 0. The van der Waals surface area contributed by atoms with Gasteiger partial charge in [0.05, 0.1) is 0 Å². The molecule has 5 heteroatoms. The Bertz CT molecular complexity index is 178. The van der Waals surface area contributed by atoms with Crippen LogP contribution in [0.25, 0.3) is 0 Å². The van der Waals surface area contributed by atoms with Crippen molar-refractivity contribution >= 4 is 17.7 Å². The first kappa shape index (κ1) is 11.7. The highest BCUT2D eigenvalue weighted by Gasteiger charge is 2.12. The lowest BCUT2D eigenvalue weighted by Gasteiger charge is -2.19. The summed E-state index contributed by atoms with van der Waals surface area (Å²) in [5, 5.41) is 3.08. The fraction of sp³-hybridized carbons (Fsp3) is 0.889. The maximum atomic E-state index is 5.33. The zero-order chi connectivity index (χ0) is 10.2. The Morgan fingerprint density at radius 3 is 2.79 bits per heavy atom. The smallest absolute Gasteiger partial charge is 0.205 e. The fourth-order valence-electron chi connectivity index (χ4n) is 1.47. The number of aliphatic imine (C=N–C) groups is 1. The summed E-state index contributed by atoms with van der Waals surface area (Å²) in [5.41, 5.74) is 2.58. The molecule has 0 aromatic heterocycles. The van der Waals surface area contributed by atoms with Crippen LogP contribution in [0.1, 0.15) is 19.8 Å². The van der Waals surface area contributed by atoms with Crippen molar-refractivity contribution in [3.63, 3.8) is 0 Å². The maximum absolute atomic E-state index is 5.33. The largest absolute Gasteiger partial charge is 0.356 e. The molecule has 0 unspecified atom stereocenters. The Morgan fingerprint density at radius 1 is 1.50 bits per heavy atom. The average molecular weight is 216 g/mol. The van der Waals surface area contributed by atoms with Crippen LogP contribution in [-0.2, 0) is 0 Å². The molecular formula is C9H20N4S. The molecule has 0 aromatic carbocycles. The van der Waals surface area contributed by atoms with Gasteiger partial charge in [0.1, 0.15) is 0 Å². The molecular weight excluding hydrogens is 196 g/mol. The average Bonchev–Trinajstić information content (AvgIpc) is 2.25. The van der Waals surface area contributed by atoms with Gasteiger partial charge in [-0.2, -0.15) is 11.8 Å². The van der Waals surface area contributed by atoms with Crippen LogP contribution >= 0.6 is 11.8 Å². The molecule has 1 aliphatic rings. The van der Waals surface area contributed by atoms with Crippen LogP contribution in [-0.4, -0.2) is 30.6 Å². The lowest BCUT2D eigenvalue weighted by Crippen LogP contribution is -2.41. The summed E-state index contributed by atoms with van der Waals surface area (Å²) in [7, 11) is 0. The number of nitrogens with zero attached hydrogens (tertiary/aromatic N) is 1. The number of hydrogen-bond acceptors (Lipinski definition) is 3. The third kappa shape index (κ3) is 4.19. The molecule has 0 bridgehead atoms. The molecule has 14 heavy (non-hydrogen) atoms. The van der Waals surface area contributed by atoms with E-state index in [4.69, 9.17) is 5.84 Å². The minimum atomic E-state index is 0.714. The second-order valence-electron chi connectivity index (χ2n) is 3.42. The van der Waals surface area contributed by atoms with Gasteiger partial charge in [-0.25, -0.2) is 5.84 Å². The van der Waals surface area contributed by atoms with Gasteiger partial charge in [-0.1, -0.05) is 0 Å². The third-order valence-electron chi connectivity index (χ3n) is 2.33. The molecule has 0 saturated carbocycles. The second kappa shape index (κ2) is 6.95. The Morgan fingerprint density at radius 2 is 2.21 bits per heavy atom. The van der Waals surface area contributed by atoms with Gasteiger partial charge in [-0.15, -0.1) is 0 Å². The van der Waals surface area contributed by atoms with E-state index in [-0.39, 0.29) is 0 Å². The van der Waals surface area contributed by atoms with Gasteiger partial charge >= 0.3 is 0 Å². The summed E-state index contributed by atoms with van der Waals surface area (Å²) in [5.74, 6) is 9.36. The highest BCUT2D eigenvalue weighted by atomic mass is 32.2. The van der Waals surface area contributed by atoms with Crippen molar-refractivity contribution in [2.75, 3.05) is 24.6 Å². The highest BCUT2D eigenvalue weighted by molar-refractivity contribution is 7.99. The van der Waals surface area contributed by atoms with Crippen LogP contribution in [0.4, 0.5) is 0 Å². The maximum Gasteiger partial charge on any atom is 0.205 e. The molecule has 0 atom stereocenters. The van der Waals surface area contributed by atoms with Gasteiger partial charge < -0.3 is 5.32 Å². The van der Waals surface area contributed by atoms with Crippen LogP contribution in [0.5, 0.6) is 0 Å². The van der Waals surface area contributed by atoms with Crippen molar-refractivity contribution in [2.45, 2.75) is 19.8 Å². The number of nitrogens with two attached hydrogens (primary N) is 1. The van der Waals surface area contributed by atoms with Gasteiger partial charge in [-0.05, 0) is 37.2 Å². The molecule has 82 valence electrons. The van der Waals surface area contributed by atoms with E-state index < -0.39 is 0 Å². The van der Waals surface area contributed by atoms with Gasteiger partial charge in [0, 0.05) is 13.1 Å². The van der Waals surface area contributed by atoms with E-state index >= 15 is 0 Å². The van der Waals surface area contributed by atoms with Crippen LogP contribution in [0.3, 0.4) is 0 Å². The van der Waals surface area contributed by atoms with E-state index in [1.165, 1.54) is 24.3 Å². The quantitative estimate of drug-likeness (QED) is 0.279. The topological polar surface area (TPSA) is 62.4 Å². The van der Waals surface area contributed by atoms with Gasteiger partial charge in [-0.3, -0.25) is 10.4 Å². The van der Waals surface area contributed by atoms with Crippen molar-refractivity contribution in [1.82, 2.24) is 10.7 Å². The van der Waals surface area contributed by atoms with E-state index in [0.717, 1.165) is 19.0 Å². The lowest BCUT2D eigenvalue weighted by molar-refractivity contribution is 0.501. The van der Waals surface area contributed by atoms with E-state index in [2.05, 4.69) is 15.7 Å². The summed E-state index contributed by atoms with van der Waals surface area (Å²) in [4.78, 5) is 4.42. The Hall–Kier alpha value is -0.420. The Balaban J connectivity index is 2.26. The molecule has 0 amide bonds. The number of thioether (sulfide) groups is 1. The van der Waals surface area contributed by atoms with E-state index in [0.29, 0.717) is 5.96 Å². The Kier molecular flexibility index (Phi) is 5.78. The molecule has 0 aromatic rings. The van der Waals surface area contributed by atoms with Crippen LogP contribution in [0.2, 0.25) is 0 Å². The number of rotatable bonds is 3. The molecule has 1 aliphatic heterocycles. The molecule has 1 saturated heterocycles. The number of guanidine groups is 1. The molecule has 0 spiro atoms. The Labute approximate surface area is 90.1 Å². The summed E-state index contributed by atoms with van der Waals surface area (Å²) in [6.45, 7) is 3.78. The molecule has 0 aliphatic carbocycles. The van der Waals surface area contributed by atoms with Gasteiger partial charge in [0.15, 0.2) is 0 Å². The summed E-state index contributed by atoms with van der Waals surface area (Å²) in [6.07, 6.45) is 2.58. The van der Waals surface area contributed by atoms with E-state index in [9.17, 15) is 0 Å². The molecule has 4 nitrogen and oxygen atoms in total. The van der Waals surface area contributed by atoms with Crippen molar-refractivity contribution in [2.24, 2.45) is 16.8 Å². The third-order valence-corrected chi connectivity index (χ3v) is 3.38. The standard InChI is InChI=1S/C9H20N4S/c1-2-11-9(13-10)12-7-8-3-5-14-6-4-8/h8H,2-7,10H2,1H3,(H2,11,12,13).